The Morgan fingerprint density at radius 3 is 2.50 bits per heavy atom. The molecule has 0 saturated heterocycles. The molecule has 166 valence electrons. The van der Waals surface area contributed by atoms with Crippen molar-refractivity contribution >= 4 is 21.6 Å². The van der Waals surface area contributed by atoms with Gasteiger partial charge in [0.05, 0.1) is 11.4 Å². The Labute approximate surface area is 185 Å². The number of para-hydroxylation sites is 2. The summed E-state index contributed by atoms with van der Waals surface area (Å²) in [4.78, 5) is 12.4. The Balaban J connectivity index is 1.35. The molecule has 4 rings (SSSR count). The number of hydrogen-bond acceptors (Lipinski definition) is 5. The van der Waals surface area contributed by atoms with Crippen LogP contribution in [0.4, 0.5) is 10.1 Å². The Morgan fingerprint density at radius 2 is 1.78 bits per heavy atom. The zero-order valence-electron chi connectivity index (χ0n) is 17.2. The predicted molar refractivity (Wildman–Crippen MR) is 117 cm³/mol. The monoisotopic (exact) mass is 456 g/mol. The lowest BCUT2D eigenvalue weighted by Crippen LogP contribution is -2.40. The predicted octanol–water partition coefficient (Wildman–Crippen LogP) is 3.50. The summed E-state index contributed by atoms with van der Waals surface area (Å²) in [6.07, 6.45) is -0.320. The summed E-state index contributed by atoms with van der Waals surface area (Å²) < 4.78 is 52.3. The van der Waals surface area contributed by atoms with Gasteiger partial charge < -0.3 is 14.8 Å². The van der Waals surface area contributed by atoms with E-state index in [9.17, 15) is 17.6 Å². The summed E-state index contributed by atoms with van der Waals surface area (Å²) in [6.45, 7) is 2.07. The van der Waals surface area contributed by atoms with E-state index in [4.69, 9.17) is 9.47 Å². The molecule has 0 spiro atoms. The summed E-state index contributed by atoms with van der Waals surface area (Å²) in [7, 11) is -3.88. The number of benzene rings is 3. The van der Waals surface area contributed by atoms with E-state index in [1.807, 2.05) is 18.2 Å². The number of carbonyl (C=O) groups is 1. The standard InChI is InChI=1S/C23H21FN2O5S/c1-15-12-19(10-11-20(15)24)32(28,29)26-17-8-6-16(7-9-17)23(27)25-13-18-14-30-21-4-2-3-5-22(21)31-18/h2-12,18,26H,13-14H2,1H3,(H,25,27). The minimum atomic E-state index is -3.88. The smallest absolute Gasteiger partial charge is 0.261 e. The lowest BCUT2D eigenvalue weighted by atomic mass is 10.2. The van der Waals surface area contributed by atoms with Gasteiger partial charge in [0.2, 0.25) is 0 Å². The largest absolute Gasteiger partial charge is 0.486 e. The quantitative estimate of drug-likeness (QED) is 0.592. The van der Waals surface area contributed by atoms with E-state index in [0.717, 1.165) is 6.07 Å². The molecule has 1 amide bonds. The Bertz CT molecular complexity index is 1250. The van der Waals surface area contributed by atoms with Crippen molar-refractivity contribution in [1.29, 1.82) is 0 Å². The topological polar surface area (TPSA) is 93.7 Å². The fourth-order valence-corrected chi connectivity index (χ4v) is 4.30. The molecule has 0 bridgehead atoms. The molecule has 1 atom stereocenters. The summed E-state index contributed by atoms with van der Waals surface area (Å²) in [5, 5.41) is 2.79. The second-order valence-corrected chi connectivity index (χ2v) is 8.98. The number of sulfonamides is 1. The van der Waals surface area contributed by atoms with Crippen molar-refractivity contribution in [2.45, 2.75) is 17.9 Å². The van der Waals surface area contributed by atoms with Gasteiger partial charge in [-0.05, 0) is 67.1 Å². The molecular weight excluding hydrogens is 435 g/mol. The van der Waals surface area contributed by atoms with Crippen molar-refractivity contribution in [3.05, 3.63) is 83.7 Å². The van der Waals surface area contributed by atoms with E-state index >= 15 is 0 Å². The first-order chi connectivity index (χ1) is 15.3. The third kappa shape index (κ3) is 4.83. The Morgan fingerprint density at radius 1 is 1.06 bits per heavy atom. The second kappa shape index (κ2) is 8.88. The molecule has 3 aromatic rings. The molecule has 0 fully saturated rings. The third-order valence-corrected chi connectivity index (χ3v) is 6.28. The van der Waals surface area contributed by atoms with Gasteiger partial charge in [-0.3, -0.25) is 9.52 Å². The average Bonchev–Trinajstić information content (AvgIpc) is 2.79. The number of amides is 1. The van der Waals surface area contributed by atoms with Crippen LogP contribution in [0.2, 0.25) is 0 Å². The number of anilines is 1. The molecule has 1 aliphatic heterocycles. The number of aryl methyl sites for hydroxylation is 1. The summed E-state index contributed by atoms with van der Waals surface area (Å²) in [6, 6.07) is 16.9. The number of nitrogens with one attached hydrogen (secondary N) is 2. The first kappa shape index (κ1) is 21.6. The van der Waals surface area contributed by atoms with Crippen LogP contribution in [-0.2, 0) is 10.0 Å². The minimum Gasteiger partial charge on any atom is -0.486 e. The molecule has 1 unspecified atom stereocenters. The van der Waals surface area contributed by atoms with Gasteiger partial charge in [0.1, 0.15) is 18.5 Å². The van der Waals surface area contributed by atoms with Gasteiger partial charge in [-0.1, -0.05) is 12.1 Å². The fraction of sp³-hybridized carbons (Fsp3) is 0.174. The number of halogens is 1. The van der Waals surface area contributed by atoms with Crippen molar-refractivity contribution in [3.8, 4) is 11.5 Å². The van der Waals surface area contributed by atoms with Gasteiger partial charge >= 0.3 is 0 Å². The maximum absolute atomic E-state index is 13.4. The first-order valence-corrected chi connectivity index (χ1v) is 11.4. The number of rotatable bonds is 6. The van der Waals surface area contributed by atoms with Gasteiger partial charge in [0, 0.05) is 11.3 Å². The highest BCUT2D eigenvalue weighted by molar-refractivity contribution is 7.92. The highest BCUT2D eigenvalue weighted by Gasteiger charge is 2.21. The molecule has 0 radical (unpaired) electrons. The van der Waals surface area contributed by atoms with Gasteiger partial charge in [-0.2, -0.15) is 0 Å². The normalized spacial score (nSPS) is 15.1. The SMILES string of the molecule is Cc1cc(S(=O)(=O)Nc2ccc(C(=O)NCC3COc4ccccc4O3)cc2)ccc1F. The van der Waals surface area contributed by atoms with E-state index in [1.54, 1.807) is 6.07 Å². The molecular formula is C23H21FN2O5S. The summed E-state index contributed by atoms with van der Waals surface area (Å²) in [5.74, 6) is 0.500. The number of hydrogen-bond donors (Lipinski definition) is 2. The van der Waals surface area contributed by atoms with Crippen LogP contribution in [0.5, 0.6) is 11.5 Å². The Kier molecular flexibility index (Phi) is 6.00. The molecule has 32 heavy (non-hydrogen) atoms. The van der Waals surface area contributed by atoms with Crippen molar-refractivity contribution < 1.29 is 27.1 Å². The highest BCUT2D eigenvalue weighted by Crippen LogP contribution is 2.30. The lowest BCUT2D eigenvalue weighted by Gasteiger charge is -2.26. The van der Waals surface area contributed by atoms with Crippen molar-refractivity contribution in [2.75, 3.05) is 17.9 Å². The molecule has 0 saturated carbocycles. The van der Waals surface area contributed by atoms with Crippen molar-refractivity contribution in [3.63, 3.8) is 0 Å². The minimum absolute atomic E-state index is 0.0468. The molecule has 2 N–H and O–H groups in total. The second-order valence-electron chi connectivity index (χ2n) is 7.30. The third-order valence-electron chi connectivity index (χ3n) is 4.90. The fourth-order valence-electron chi connectivity index (χ4n) is 3.16. The number of carbonyl (C=O) groups excluding carboxylic acids is 1. The van der Waals surface area contributed by atoms with Crippen LogP contribution in [0.25, 0.3) is 0 Å². The van der Waals surface area contributed by atoms with E-state index in [2.05, 4.69) is 10.0 Å². The van der Waals surface area contributed by atoms with E-state index < -0.39 is 15.8 Å². The summed E-state index contributed by atoms with van der Waals surface area (Å²) >= 11 is 0. The van der Waals surface area contributed by atoms with E-state index in [1.165, 1.54) is 43.3 Å². The van der Waals surface area contributed by atoms with Crippen LogP contribution in [0.3, 0.4) is 0 Å². The number of fused-ring (bicyclic) bond motifs is 1. The molecule has 3 aromatic carbocycles. The molecule has 0 aromatic heterocycles. The van der Waals surface area contributed by atoms with E-state index in [-0.39, 0.29) is 34.7 Å². The van der Waals surface area contributed by atoms with Crippen LogP contribution in [-0.4, -0.2) is 33.6 Å². The maximum Gasteiger partial charge on any atom is 0.261 e. The number of ether oxygens (including phenoxy) is 2. The zero-order valence-corrected chi connectivity index (χ0v) is 18.0. The molecule has 1 aliphatic rings. The van der Waals surface area contributed by atoms with Crippen LogP contribution in [0, 0.1) is 12.7 Å². The van der Waals surface area contributed by atoms with Crippen LogP contribution < -0.4 is 19.5 Å². The van der Waals surface area contributed by atoms with Gasteiger partial charge in [-0.15, -0.1) is 0 Å². The van der Waals surface area contributed by atoms with Gasteiger partial charge in [0.15, 0.2) is 11.5 Å². The van der Waals surface area contributed by atoms with Crippen LogP contribution in [0.15, 0.2) is 71.6 Å². The van der Waals surface area contributed by atoms with E-state index in [0.29, 0.717) is 23.7 Å². The van der Waals surface area contributed by atoms with Crippen molar-refractivity contribution in [1.82, 2.24) is 5.32 Å². The van der Waals surface area contributed by atoms with Gasteiger partial charge in [0.25, 0.3) is 15.9 Å². The first-order valence-electron chi connectivity index (χ1n) is 9.87. The molecule has 7 nitrogen and oxygen atoms in total. The highest BCUT2D eigenvalue weighted by atomic mass is 32.2. The summed E-state index contributed by atoms with van der Waals surface area (Å²) in [5.41, 5.74) is 0.877. The van der Waals surface area contributed by atoms with Crippen LogP contribution >= 0.6 is 0 Å². The maximum atomic E-state index is 13.4. The Hall–Kier alpha value is -3.59. The van der Waals surface area contributed by atoms with Gasteiger partial charge in [-0.25, -0.2) is 12.8 Å². The van der Waals surface area contributed by atoms with Crippen molar-refractivity contribution in [2.24, 2.45) is 0 Å². The molecule has 1 heterocycles. The van der Waals surface area contributed by atoms with Crippen LogP contribution in [0.1, 0.15) is 15.9 Å². The molecule has 0 aliphatic carbocycles. The average molecular weight is 456 g/mol. The zero-order chi connectivity index (χ0) is 22.7. The molecule has 9 heteroatoms. The lowest BCUT2D eigenvalue weighted by molar-refractivity contribution is 0.0789.